The summed E-state index contributed by atoms with van der Waals surface area (Å²) in [5.74, 6) is 1.03. The molecule has 0 saturated carbocycles. The Morgan fingerprint density at radius 1 is 1.64 bits per heavy atom. The summed E-state index contributed by atoms with van der Waals surface area (Å²) in [7, 11) is 0. The van der Waals surface area contributed by atoms with Crippen LogP contribution in [-0.4, -0.2) is 36.3 Å². The van der Waals surface area contributed by atoms with E-state index in [-0.39, 0.29) is 5.54 Å². The smallest absolute Gasteiger partial charge is 0.104 e. The van der Waals surface area contributed by atoms with Gasteiger partial charge in [0.05, 0.1) is 24.5 Å². The number of thioether (sulfide) groups is 1. The summed E-state index contributed by atoms with van der Waals surface area (Å²) in [6.07, 6.45) is 0.901. The Bertz CT molecular complexity index is 213. The average Bonchev–Trinajstić information content (AvgIpc) is 2.10. The van der Waals surface area contributed by atoms with E-state index in [9.17, 15) is 0 Å². The second kappa shape index (κ2) is 5.59. The van der Waals surface area contributed by atoms with E-state index in [2.05, 4.69) is 11.4 Å². The van der Waals surface area contributed by atoms with Crippen LogP contribution in [0.5, 0.6) is 0 Å². The van der Waals surface area contributed by atoms with Gasteiger partial charge < -0.3 is 4.74 Å². The maximum Gasteiger partial charge on any atom is 0.104 e. The van der Waals surface area contributed by atoms with Crippen LogP contribution >= 0.6 is 11.8 Å². The van der Waals surface area contributed by atoms with Crippen molar-refractivity contribution in [3.8, 4) is 6.07 Å². The summed E-state index contributed by atoms with van der Waals surface area (Å²) >= 11 is 1.92. The molecule has 0 aliphatic carbocycles. The Kier molecular flexibility index (Phi) is 4.73. The number of nitrogens with zero attached hydrogens (tertiary/aromatic N) is 1. The van der Waals surface area contributed by atoms with Gasteiger partial charge in [0.15, 0.2) is 0 Å². The first-order valence-corrected chi connectivity index (χ1v) is 6.10. The summed E-state index contributed by atoms with van der Waals surface area (Å²) in [6, 6.07) is 2.33. The van der Waals surface area contributed by atoms with Crippen molar-refractivity contribution in [2.45, 2.75) is 31.1 Å². The molecule has 1 aliphatic rings. The van der Waals surface area contributed by atoms with Crippen LogP contribution in [0.25, 0.3) is 0 Å². The Balaban J connectivity index is 2.16. The van der Waals surface area contributed by atoms with Crippen molar-refractivity contribution in [2.75, 3.05) is 25.5 Å². The molecule has 1 rings (SSSR count). The number of nitrogens with one attached hydrogen (secondary N) is 1. The van der Waals surface area contributed by atoms with Crippen LogP contribution in [0.2, 0.25) is 0 Å². The molecule has 1 N–H and O–H groups in total. The molecule has 1 aliphatic heterocycles. The highest BCUT2D eigenvalue weighted by atomic mass is 32.2. The second-order valence-electron chi connectivity index (χ2n) is 3.75. The van der Waals surface area contributed by atoms with Gasteiger partial charge in [0.2, 0.25) is 0 Å². The minimum atomic E-state index is -0.355. The van der Waals surface area contributed by atoms with Gasteiger partial charge in [-0.15, -0.1) is 0 Å². The zero-order valence-electron chi connectivity index (χ0n) is 8.88. The maximum absolute atomic E-state index is 9.01. The van der Waals surface area contributed by atoms with E-state index >= 15 is 0 Å². The fourth-order valence-electron chi connectivity index (χ4n) is 1.31. The first kappa shape index (κ1) is 11.8. The zero-order chi connectivity index (χ0) is 10.4. The van der Waals surface area contributed by atoms with Gasteiger partial charge >= 0.3 is 0 Å². The largest absolute Gasteiger partial charge is 0.379 e. The molecule has 0 aromatic heterocycles. The van der Waals surface area contributed by atoms with E-state index < -0.39 is 0 Å². The maximum atomic E-state index is 9.01. The summed E-state index contributed by atoms with van der Waals surface area (Å²) in [5, 5.41) is 12.9. The summed E-state index contributed by atoms with van der Waals surface area (Å²) in [4.78, 5) is 0. The lowest BCUT2D eigenvalue weighted by molar-refractivity contribution is 0.0455. The molecule has 4 heteroatoms. The number of nitriles is 1. The van der Waals surface area contributed by atoms with Crippen molar-refractivity contribution in [1.29, 1.82) is 5.26 Å². The van der Waals surface area contributed by atoms with Crippen molar-refractivity contribution in [3.63, 3.8) is 0 Å². The molecule has 14 heavy (non-hydrogen) atoms. The van der Waals surface area contributed by atoms with Crippen LogP contribution in [0, 0.1) is 11.3 Å². The minimum absolute atomic E-state index is 0.355. The van der Waals surface area contributed by atoms with E-state index in [1.807, 2.05) is 25.6 Å². The molecule has 0 bridgehead atoms. The third kappa shape index (κ3) is 3.49. The van der Waals surface area contributed by atoms with Gasteiger partial charge in [-0.05, 0) is 25.6 Å². The highest BCUT2D eigenvalue weighted by Crippen LogP contribution is 2.22. The lowest BCUT2D eigenvalue weighted by Crippen LogP contribution is -2.41. The van der Waals surface area contributed by atoms with Gasteiger partial charge in [0.25, 0.3) is 0 Å². The van der Waals surface area contributed by atoms with Crippen molar-refractivity contribution in [1.82, 2.24) is 5.32 Å². The van der Waals surface area contributed by atoms with Crippen molar-refractivity contribution in [2.24, 2.45) is 0 Å². The topological polar surface area (TPSA) is 45.0 Å². The molecule has 1 atom stereocenters. The monoisotopic (exact) mass is 214 g/mol. The predicted octanol–water partition coefficient (Wildman–Crippen LogP) is 1.40. The minimum Gasteiger partial charge on any atom is -0.379 e. The van der Waals surface area contributed by atoms with E-state index in [1.54, 1.807) is 0 Å². The van der Waals surface area contributed by atoms with Crippen LogP contribution in [0.3, 0.4) is 0 Å². The summed E-state index contributed by atoms with van der Waals surface area (Å²) in [6.45, 7) is 6.61. The Hall–Kier alpha value is -0.240. The molecule has 0 amide bonds. The molecular formula is C10H18N2OS. The molecule has 0 aromatic carbocycles. The second-order valence-corrected chi connectivity index (χ2v) is 5.16. The average molecular weight is 214 g/mol. The van der Waals surface area contributed by atoms with Gasteiger partial charge in [0.1, 0.15) is 5.54 Å². The molecule has 0 aromatic rings. The molecular weight excluding hydrogens is 196 g/mol. The quantitative estimate of drug-likeness (QED) is 0.726. The van der Waals surface area contributed by atoms with Gasteiger partial charge in [-0.25, -0.2) is 0 Å². The van der Waals surface area contributed by atoms with Crippen molar-refractivity contribution < 1.29 is 4.74 Å². The Morgan fingerprint density at radius 3 is 2.79 bits per heavy atom. The van der Waals surface area contributed by atoms with Crippen LogP contribution in [0.15, 0.2) is 0 Å². The lowest BCUT2D eigenvalue weighted by atomic mass is 10.0. The summed E-state index contributed by atoms with van der Waals surface area (Å²) < 4.78 is 5.09. The van der Waals surface area contributed by atoms with Crippen LogP contribution < -0.4 is 5.32 Å². The lowest BCUT2D eigenvalue weighted by Gasteiger charge is -2.27. The molecule has 1 fully saturated rings. The number of hydrogen-bond donors (Lipinski definition) is 1. The molecule has 0 radical (unpaired) electrons. The fourth-order valence-corrected chi connectivity index (χ4v) is 2.56. The van der Waals surface area contributed by atoms with Gasteiger partial charge in [0, 0.05) is 0 Å². The zero-order valence-corrected chi connectivity index (χ0v) is 9.69. The highest BCUT2D eigenvalue weighted by molar-refractivity contribution is 8.00. The third-order valence-corrected chi connectivity index (χ3v) is 3.56. The third-order valence-electron chi connectivity index (χ3n) is 2.38. The number of rotatable bonds is 6. The van der Waals surface area contributed by atoms with Crippen molar-refractivity contribution in [3.05, 3.63) is 0 Å². The van der Waals surface area contributed by atoms with Crippen LogP contribution in [-0.2, 0) is 4.74 Å². The van der Waals surface area contributed by atoms with E-state index in [1.165, 1.54) is 0 Å². The standard InChI is InChI=1S/C10H18N2OS/c1-3-12-10(2,8-11)4-5-14-9-6-13-7-9/h9,12H,3-7H2,1-2H3. The molecule has 1 saturated heterocycles. The SMILES string of the molecule is CCNC(C)(C#N)CCSC1COC1. The molecule has 1 heterocycles. The van der Waals surface area contributed by atoms with Crippen LogP contribution in [0.1, 0.15) is 20.3 Å². The van der Waals surface area contributed by atoms with E-state index in [0.717, 1.165) is 31.9 Å². The molecule has 0 spiro atoms. The number of ether oxygens (including phenoxy) is 1. The van der Waals surface area contributed by atoms with Crippen LogP contribution in [0.4, 0.5) is 0 Å². The summed E-state index contributed by atoms with van der Waals surface area (Å²) in [5.41, 5.74) is -0.355. The normalized spacial score (nSPS) is 20.9. The van der Waals surface area contributed by atoms with Crippen molar-refractivity contribution >= 4 is 11.8 Å². The molecule has 80 valence electrons. The van der Waals surface area contributed by atoms with Gasteiger partial charge in [-0.1, -0.05) is 6.92 Å². The van der Waals surface area contributed by atoms with Gasteiger partial charge in [-0.3, -0.25) is 5.32 Å². The fraction of sp³-hybridized carbons (Fsp3) is 0.900. The Labute approximate surface area is 90.2 Å². The molecule has 1 unspecified atom stereocenters. The molecule has 3 nitrogen and oxygen atoms in total. The predicted molar refractivity (Wildman–Crippen MR) is 59.4 cm³/mol. The van der Waals surface area contributed by atoms with E-state index in [0.29, 0.717) is 5.25 Å². The first-order valence-electron chi connectivity index (χ1n) is 5.06. The first-order chi connectivity index (χ1) is 6.70. The van der Waals surface area contributed by atoms with Gasteiger partial charge in [-0.2, -0.15) is 17.0 Å². The Morgan fingerprint density at radius 2 is 2.36 bits per heavy atom. The highest BCUT2D eigenvalue weighted by Gasteiger charge is 2.24. The van der Waals surface area contributed by atoms with E-state index in [4.69, 9.17) is 10.00 Å². The number of hydrogen-bond acceptors (Lipinski definition) is 4.